The molecule has 0 saturated carbocycles. The summed E-state index contributed by atoms with van der Waals surface area (Å²) >= 11 is 1.43. The van der Waals surface area contributed by atoms with E-state index in [0.717, 1.165) is 10.1 Å². The molecule has 0 radical (unpaired) electrons. The smallest absolute Gasteiger partial charge is 0.195 e. The summed E-state index contributed by atoms with van der Waals surface area (Å²) in [6.07, 6.45) is 1.64. The number of anilines is 1. The van der Waals surface area contributed by atoms with Gasteiger partial charge in [0.2, 0.25) is 0 Å². The molecule has 1 heterocycles. The van der Waals surface area contributed by atoms with Gasteiger partial charge in [-0.05, 0) is 11.8 Å². The number of aromatic nitrogens is 3. The van der Waals surface area contributed by atoms with Crippen LogP contribution in [0.15, 0.2) is 28.5 Å². The third-order valence-corrected chi connectivity index (χ3v) is 3.51. The molecule has 2 aromatic rings. The van der Waals surface area contributed by atoms with Gasteiger partial charge in [0.25, 0.3) is 0 Å². The van der Waals surface area contributed by atoms with Gasteiger partial charge < -0.3 is 19.8 Å². The monoisotopic (exact) mass is 266 g/mol. The minimum absolute atomic E-state index is 0.609. The summed E-state index contributed by atoms with van der Waals surface area (Å²) in [4.78, 5) is 0.851. The summed E-state index contributed by atoms with van der Waals surface area (Å²) in [5.41, 5.74) is 6.59. The number of nitrogens with zero attached hydrogens (tertiary/aromatic N) is 3. The number of hydrogen-bond acceptors (Lipinski definition) is 6. The molecule has 1 aromatic heterocycles. The van der Waals surface area contributed by atoms with E-state index in [-0.39, 0.29) is 0 Å². The highest BCUT2D eigenvalue weighted by Gasteiger charge is 2.12. The Hall–Kier alpha value is -1.89. The standard InChI is InChI=1S/C11H14N4O2S/c1-15-6-13-14-11(15)18-10-5-9(17-3)8(16-2)4-7(10)12/h4-6H,12H2,1-3H3. The van der Waals surface area contributed by atoms with Crippen LogP contribution in [0.4, 0.5) is 5.69 Å². The third kappa shape index (κ3) is 2.35. The van der Waals surface area contributed by atoms with Crippen LogP contribution in [-0.4, -0.2) is 29.0 Å². The maximum absolute atomic E-state index is 5.97. The van der Waals surface area contributed by atoms with Crippen LogP contribution in [0.25, 0.3) is 0 Å². The maximum Gasteiger partial charge on any atom is 0.195 e. The molecule has 0 saturated heterocycles. The van der Waals surface area contributed by atoms with E-state index in [2.05, 4.69) is 10.2 Å². The first-order valence-corrected chi connectivity index (χ1v) is 6.00. The fourth-order valence-corrected chi connectivity index (χ4v) is 2.25. The lowest BCUT2D eigenvalue weighted by atomic mass is 10.3. The van der Waals surface area contributed by atoms with Crippen LogP contribution < -0.4 is 15.2 Å². The van der Waals surface area contributed by atoms with Crippen molar-refractivity contribution in [2.24, 2.45) is 7.05 Å². The second-order valence-electron chi connectivity index (χ2n) is 3.57. The van der Waals surface area contributed by atoms with Crippen LogP contribution in [0.1, 0.15) is 0 Å². The minimum Gasteiger partial charge on any atom is -0.493 e. The average Bonchev–Trinajstić information content (AvgIpc) is 2.77. The first-order chi connectivity index (χ1) is 8.65. The molecule has 0 aliphatic carbocycles. The minimum atomic E-state index is 0.609. The Morgan fingerprint density at radius 2 is 1.89 bits per heavy atom. The zero-order valence-electron chi connectivity index (χ0n) is 10.4. The molecular formula is C11H14N4O2S. The Kier molecular flexibility index (Phi) is 3.61. The Morgan fingerprint density at radius 3 is 2.44 bits per heavy atom. The van der Waals surface area contributed by atoms with Crippen molar-refractivity contribution in [3.8, 4) is 11.5 Å². The molecule has 2 N–H and O–H groups in total. The summed E-state index contributed by atoms with van der Waals surface area (Å²) in [5, 5.41) is 8.58. The fourth-order valence-electron chi connectivity index (χ4n) is 1.43. The van der Waals surface area contributed by atoms with Crippen molar-refractivity contribution < 1.29 is 9.47 Å². The first kappa shape index (κ1) is 12.6. The summed E-state index contributed by atoms with van der Waals surface area (Å²) in [6.45, 7) is 0. The Labute approximate surface area is 109 Å². The number of rotatable bonds is 4. The number of ether oxygens (including phenoxy) is 2. The Balaban J connectivity index is 2.36. The van der Waals surface area contributed by atoms with Gasteiger partial charge in [0.05, 0.1) is 14.2 Å². The van der Waals surface area contributed by atoms with Gasteiger partial charge in [-0.1, -0.05) is 0 Å². The van der Waals surface area contributed by atoms with Gasteiger partial charge in [-0.15, -0.1) is 10.2 Å². The molecular weight excluding hydrogens is 252 g/mol. The van der Waals surface area contributed by atoms with Crippen molar-refractivity contribution in [2.75, 3.05) is 20.0 Å². The highest BCUT2D eigenvalue weighted by molar-refractivity contribution is 7.99. The van der Waals surface area contributed by atoms with Crippen LogP contribution in [-0.2, 0) is 7.05 Å². The van der Waals surface area contributed by atoms with E-state index in [4.69, 9.17) is 15.2 Å². The van der Waals surface area contributed by atoms with Crippen molar-refractivity contribution in [2.45, 2.75) is 10.1 Å². The number of nitrogens with two attached hydrogens (primary N) is 1. The van der Waals surface area contributed by atoms with E-state index >= 15 is 0 Å². The molecule has 0 fully saturated rings. The van der Waals surface area contributed by atoms with Crippen molar-refractivity contribution in [3.05, 3.63) is 18.5 Å². The van der Waals surface area contributed by atoms with Crippen molar-refractivity contribution in [1.29, 1.82) is 0 Å². The number of hydrogen-bond donors (Lipinski definition) is 1. The molecule has 0 aliphatic heterocycles. The fraction of sp³-hybridized carbons (Fsp3) is 0.273. The van der Waals surface area contributed by atoms with Crippen LogP contribution in [0, 0.1) is 0 Å². The van der Waals surface area contributed by atoms with E-state index in [9.17, 15) is 0 Å². The molecule has 0 amide bonds. The highest BCUT2D eigenvalue weighted by Crippen LogP contribution is 2.38. The topological polar surface area (TPSA) is 75.2 Å². The number of methoxy groups -OCH3 is 2. The summed E-state index contributed by atoms with van der Waals surface area (Å²) in [6, 6.07) is 3.56. The van der Waals surface area contributed by atoms with Crippen LogP contribution in [0.3, 0.4) is 0 Å². The van der Waals surface area contributed by atoms with E-state index < -0.39 is 0 Å². The van der Waals surface area contributed by atoms with Crippen LogP contribution in [0.5, 0.6) is 11.5 Å². The second-order valence-corrected chi connectivity index (χ2v) is 4.58. The molecule has 0 unspecified atom stereocenters. The Morgan fingerprint density at radius 1 is 1.22 bits per heavy atom. The lowest BCUT2D eigenvalue weighted by Gasteiger charge is -2.11. The van der Waals surface area contributed by atoms with Gasteiger partial charge in [0, 0.05) is 29.8 Å². The van der Waals surface area contributed by atoms with E-state index in [1.54, 1.807) is 26.6 Å². The average molecular weight is 266 g/mol. The summed E-state index contributed by atoms with van der Waals surface area (Å²) in [7, 11) is 5.04. The predicted octanol–water partition coefficient (Wildman–Crippen LogP) is 1.57. The van der Waals surface area contributed by atoms with E-state index in [1.807, 2.05) is 17.7 Å². The van der Waals surface area contributed by atoms with Gasteiger partial charge >= 0.3 is 0 Å². The third-order valence-electron chi connectivity index (χ3n) is 2.39. The van der Waals surface area contributed by atoms with Gasteiger partial charge in [0.1, 0.15) is 6.33 Å². The Bertz CT molecular complexity index is 556. The lowest BCUT2D eigenvalue weighted by Crippen LogP contribution is -1.96. The molecule has 0 atom stereocenters. The molecule has 0 spiro atoms. The van der Waals surface area contributed by atoms with Crippen molar-refractivity contribution >= 4 is 17.4 Å². The number of nitrogen functional groups attached to an aromatic ring is 1. The van der Waals surface area contributed by atoms with E-state index in [1.165, 1.54) is 11.8 Å². The zero-order chi connectivity index (χ0) is 13.1. The van der Waals surface area contributed by atoms with Gasteiger partial charge in [-0.2, -0.15) is 0 Å². The molecule has 0 bridgehead atoms. The number of aryl methyl sites for hydroxylation is 1. The molecule has 0 aliphatic rings. The molecule has 6 nitrogen and oxygen atoms in total. The zero-order valence-corrected chi connectivity index (χ0v) is 11.2. The second kappa shape index (κ2) is 5.18. The highest BCUT2D eigenvalue weighted by atomic mass is 32.2. The van der Waals surface area contributed by atoms with Gasteiger partial charge in [-0.3, -0.25) is 0 Å². The molecule has 18 heavy (non-hydrogen) atoms. The largest absolute Gasteiger partial charge is 0.493 e. The maximum atomic E-state index is 5.97. The van der Waals surface area contributed by atoms with Crippen molar-refractivity contribution in [3.63, 3.8) is 0 Å². The lowest BCUT2D eigenvalue weighted by molar-refractivity contribution is 0.354. The summed E-state index contributed by atoms with van der Waals surface area (Å²) < 4.78 is 12.2. The van der Waals surface area contributed by atoms with Crippen LogP contribution in [0.2, 0.25) is 0 Å². The predicted molar refractivity (Wildman–Crippen MR) is 69.1 cm³/mol. The first-order valence-electron chi connectivity index (χ1n) is 5.19. The molecule has 96 valence electrons. The normalized spacial score (nSPS) is 10.4. The molecule has 2 rings (SSSR count). The molecule has 1 aromatic carbocycles. The quantitative estimate of drug-likeness (QED) is 0.846. The van der Waals surface area contributed by atoms with Crippen molar-refractivity contribution in [1.82, 2.24) is 14.8 Å². The van der Waals surface area contributed by atoms with Crippen LogP contribution >= 0.6 is 11.8 Å². The molecule has 7 heteroatoms. The van der Waals surface area contributed by atoms with Gasteiger partial charge in [-0.25, -0.2) is 0 Å². The summed E-state index contributed by atoms with van der Waals surface area (Å²) in [5.74, 6) is 1.24. The van der Waals surface area contributed by atoms with Gasteiger partial charge in [0.15, 0.2) is 16.7 Å². The van der Waals surface area contributed by atoms with E-state index in [0.29, 0.717) is 17.2 Å². The number of benzene rings is 1. The SMILES string of the molecule is COc1cc(N)c(Sc2nncn2C)cc1OC.